The van der Waals surface area contributed by atoms with Crippen molar-refractivity contribution in [2.45, 2.75) is 20.8 Å². The summed E-state index contributed by atoms with van der Waals surface area (Å²) in [7, 11) is 0. The van der Waals surface area contributed by atoms with Crippen molar-refractivity contribution in [1.82, 2.24) is 9.97 Å². The van der Waals surface area contributed by atoms with Crippen LogP contribution < -0.4 is 10.8 Å². The zero-order chi connectivity index (χ0) is 20.7. The largest absolute Gasteiger partial charge is 0.456 e. The number of imidazole rings is 1. The molecule has 0 atom stereocenters. The highest BCUT2D eigenvalue weighted by atomic mass is 16.3. The molecular formula is C25H22N4O. The molecule has 2 aromatic heterocycles. The van der Waals surface area contributed by atoms with E-state index >= 15 is 0 Å². The molecule has 0 amide bonds. The van der Waals surface area contributed by atoms with Gasteiger partial charge in [-0.1, -0.05) is 48.0 Å². The third-order valence-electron chi connectivity index (χ3n) is 5.20. The molecule has 0 fully saturated rings. The molecule has 0 saturated carbocycles. The van der Waals surface area contributed by atoms with Crippen LogP contribution in [0.15, 0.2) is 76.2 Å². The van der Waals surface area contributed by atoms with Gasteiger partial charge in [-0.05, 0) is 50.1 Å². The van der Waals surface area contributed by atoms with Gasteiger partial charge in [-0.2, -0.15) is 5.10 Å². The van der Waals surface area contributed by atoms with Crippen LogP contribution in [-0.4, -0.2) is 9.97 Å². The van der Waals surface area contributed by atoms with Crippen LogP contribution in [0.1, 0.15) is 16.7 Å². The number of aromatic nitrogens is 2. The van der Waals surface area contributed by atoms with Crippen LogP contribution >= 0.6 is 0 Å². The molecule has 2 heterocycles. The van der Waals surface area contributed by atoms with Gasteiger partial charge in [0.25, 0.3) is 0 Å². The average molecular weight is 394 g/mol. The van der Waals surface area contributed by atoms with Crippen LogP contribution in [0.2, 0.25) is 0 Å². The van der Waals surface area contributed by atoms with Crippen molar-refractivity contribution in [3.8, 4) is 11.3 Å². The van der Waals surface area contributed by atoms with Crippen molar-refractivity contribution in [3.05, 3.63) is 88.8 Å². The number of aromatic amines is 1. The molecule has 3 aromatic carbocycles. The van der Waals surface area contributed by atoms with Gasteiger partial charge in [-0.25, -0.2) is 10.4 Å². The molecule has 5 heteroatoms. The second-order valence-electron chi connectivity index (χ2n) is 7.64. The Labute approximate surface area is 174 Å². The van der Waals surface area contributed by atoms with Crippen LogP contribution in [-0.2, 0) is 0 Å². The highest BCUT2D eigenvalue weighted by Gasteiger charge is 2.09. The quantitative estimate of drug-likeness (QED) is 0.378. The van der Waals surface area contributed by atoms with Crippen LogP contribution in [0.4, 0.5) is 5.95 Å². The Morgan fingerprint density at radius 3 is 2.50 bits per heavy atom. The maximum atomic E-state index is 6.28. The first-order valence-corrected chi connectivity index (χ1v) is 9.93. The first-order valence-electron chi connectivity index (χ1n) is 9.93. The summed E-state index contributed by atoms with van der Waals surface area (Å²) in [4.78, 5) is 7.80. The molecule has 0 aliphatic heterocycles. The average Bonchev–Trinajstić information content (AvgIpc) is 3.15. The van der Waals surface area contributed by atoms with E-state index in [1.165, 1.54) is 5.56 Å². The second kappa shape index (κ2) is 7.19. The fraction of sp³-hybridized carbons (Fsp3) is 0.120. The number of fused-ring (bicyclic) bond motifs is 2. The fourth-order valence-corrected chi connectivity index (χ4v) is 3.75. The number of para-hydroxylation sites is 2. The van der Waals surface area contributed by atoms with E-state index in [1.54, 1.807) is 0 Å². The Bertz CT molecular complexity index is 1410. The standard InChI is InChI=1S/C25H22N4O/c1-15-8-10-18(11-9-15)22-14-21(24-17(3)12-16(2)13-23(24)30-22)28-29-25-26-19-6-4-5-7-20(19)27-25/h4-14H,1-3H3,(H2,26,27,29)/b28-21+. The molecule has 0 aliphatic carbocycles. The summed E-state index contributed by atoms with van der Waals surface area (Å²) in [6.45, 7) is 6.23. The summed E-state index contributed by atoms with van der Waals surface area (Å²) in [6, 6.07) is 22.4. The maximum Gasteiger partial charge on any atom is 0.222 e. The Hall–Kier alpha value is -3.86. The molecule has 0 aliphatic rings. The van der Waals surface area contributed by atoms with Gasteiger partial charge in [0.1, 0.15) is 11.3 Å². The minimum absolute atomic E-state index is 0.604. The highest BCUT2D eigenvalue weighted by Crippen LogP contribution is 2.25. The van der Waals surface area contributed by atoms with E-state index in [1.807, 2.05) is 30.3 Å². The predicted molar refractivity (Wildman–Crippen MR) is 121 cm³/mol. The Balaban J connectivity index is 1.68. The van der Waals surface area contributed by atoms with Crippen LogP contribution in [0.5, 0.6) is 0 Å². The summed E-state index contributed by atoms with van der Waals surface area (Å²) >= 11 is 0. The lowest BCUT2D eigenvalue weighted by Gasteiger charge is -2.08. The zero-order valence-corrected chi connectivity index (χ0v) is 17.2. The van der Waals surface area contributed by atoms with Gasteiger partial charge in [-0.3, -0.25) is 0 Å². The molecule has 30 heavy (non-hydrogen) atoms. The van der Waals surface area contributed by atoms with Crippen LogP contribution in [0.25, 0.3) is 33.3 Å². The summed E-state index contributed by atoms with van der Waals surface area (Å²) < 4.78 is 6.28. The lowest BCUT2D eigenvalue weighted by molar-refractivity contribution is 0.617. The summed E-state index contributed by atoms with van der Waals surface area (Å²) in [5.41, 5.74) is 10.3. The van der Waals surface area contributed by atoms with Crippen LogP contribution in [0, 0.1) is 20.8 Å². The normalized spacial score (nSPS) is 12.0. The van der Waals surface area contributed by atoms with E-state index in [0.717, 1.165) is 49.8 Å². The molecule has 0 bridgehead atoms. The molecule has 148 valence electrons. The van der Waals surface area contributed by atoms with Crippen molar-refractivity contribution in [2.75, 3.05) is 5.43 Å². The first-order chi connectivity index (χ1) is 14.6. The predicted octanol–water partition coefficient (Wildman–Crippen LogP) is 5.83. The fourth-order valence-electron chi connectivity index (χ4n) is 3.75. The van der Waals surface area contributed by atoms with E-state index in [0.29, 0.717) is 5.95 Å². The van der Waals surface area contributed by atoms with Gasteiger partial charge in [0.15, 0.2) is 0 Å². The zero-order valence-electron chi connectivity index (χ0n) is 17.2. The molecule has 0 radical (unpaired) electrons. The smallest absolute Gasteiger partial charge is 0.222 e. The number of hydrogen-bond donors (Lipinski definition) is 2. The molecular weight excluding hydrogens is 372 g/mol. The van der Waals surface area contributed by atoms with Gasteiger partial charge in [-0.15, -0.1) is 0 Å². The van der Waals surface area contributed by atoms with E-state index in [-0.39, 0.29) is 0 Å². The summed E-state index contributed by atoms with van der Waals surface area (Å²) in [5.74, 6) is 1.38. The van der Waals surface area contributed by atoms with Crippen molar-refractivity contribution in [1.29, 1.82) is 0 Å². The first kappa shape index (κ1) is 18.2. The molecule has 0 spiro atoms. The number of aryl methyl sites for hydroxylation is 3. The molecule has 5 rings (SSSR count). The minimum Gasteiger partial charge on any atom is -0.456 e. The van der Waals surface area contributed by atoms with E-state index in [4.69, 9.17) is 9.52 Å². The van der Waals surface area contributed by atoms with Crippen molar-refractivity contribution >= 4 is 28.0 Å². The Morgan fingerprint density at radius 2 is 1.70 bits per heavy atom. The SMILES string of the molecule is Cc1ccc(-c2c/c(=N\Nc3nc4ccccc4[nH]3)c3c(C)cc(C)cc3o2)cc1. The number of nitrogens with zero attached hydrogens (tertiary/aromatic N) is 2. The molecule has 5 nitrogen and oxygen atoms in total. The van der Waals surface area contributed by atoms with Gasteiger partial charge in [0.2, 0.25) is 5.95 Å². The lowest BCUT2D eigenvalue weighted by atomic mass is 10.0. The second-order valence-corrected chi connectivity index (χ2v) is 7.64. The highest BCUT2D eigenvalue weighted by molar-refractivity contribution is 5.82. The summed E-state index contributed by atoms with van der Waals surface area (Å²) in [5, 5.41) is 6.49. The van der Waals surface area contributed by atoms with Crippen molar-refractivity contribution in [2.24, 2.45) is 5.10 Å². The number of anilines is 1. The van der Waals surface area contributed by atoms with Gasteiger partial charge in [0, 0.05) is 17.0 Å². The maximum absolute atomic E-state index is 6.28. The molecule has 5 aromatic rings. The Kier molecular flexibility index (Phi) is 4.36. The van der Waals surface area contributed by atoms with Gasteiger partial charge in [0.05, 0.1) is 16.4 Å². The third kappa shape index (κ3) is 3.35. The van der Waals surface area contributed by atoms with Crippen molar-refractivity contribution < 1.29 is 4.42 Å². The number of hydrogen-bond acceptors (Lipinski definition) is 4. The number of rotatable bonds is 3. The van der Waals surface area contributed by atoms with Crippen molar-refractivity contribution in [3.63, 3.8) is 0 Å². The molecule has 0 saturated heterocycles. The third-order valence-corrected chi connectivity index (χ3v) is 5.20. The number of H-pyrrole nitrogens is 1. The monoisotopic (exact) mass is 394 g/mol. The van der Waals surface area contributed by atoms with E-state index < -0.39 is 0 Å². The van der Waals surface area contributed by atoms with Crippen LogP contribution in [0.3, 0.4) is 0 Å². The lowest BCUT2D eigenvalue weighted by Crippen LogP contribution is -2.09. The molecule has 0 unspecified atom stereocenters. The van der Waals surface area contributed by atoms with Gasteiger partial charge < -0.3 is 9.40 Å². The number of nitrogens with one attached hydrogen (secondary N) is 2. The number of benzene rings is 3. The summed E-state index contributed by atoms with van der Waals surface area (Å²) in [6.07, 6.45) is 0. The van der Waals surface area contributed by atoms with E-state index in [9.17, 15) is 0 Å². The topological polar surface area (TPSA) is 66.2 Å². The Morgan fingerprint density at radius 1 is 0.900 bits per heavy atom. The minimum atomic E-state index is 0.604. The van der Waals surface area contributed by atoms with E-state index in [2.05, 4.69) is 72.6 Å². The molecule has 2 N–H and O–H groups in total. The van der Waals surface area contributed by atoms with Gasteiger partial charge >= 0.3 is 0 Å².